The van der Waals surface area contributed by atoms with Crippen LogP contribution in [-0.2, 0) is 0 Å². The van der Waals surface area contributed by atoms with Crippen molar-refractivity contribution >= 4 is 17.6 Å². The summed E-state index contributed by atoms with van der Waals surface area (Å²) >= 11 is 5.87. The molecule has 5 rings (SSSR count). The Morgan fingerprint density at radius 1 is 1.21 bits per heavy atom. The zero-order chi connectivity index (χ0) is 27.0. The maximum Gasteiger partial charge on any atom is 0.387 e. The lowest BCUT2D eigenvalue weighted by atomic mass is 10.0. The average molecular weight is 545 g/mol. The molecule has 38 heavy (non-hydrogen) atoms. The van der Waals surface area contributed by atoms with Crippen LogP contribution in [0.4, 0.5) is 13.2 Å². The normalized spacial score (nSPS) is 14.0. The molecule has 1 fully saturated rings. The lowest BCUT2D eigenvalue weighted by Gasteiger charge is -2.18. The van der Waals surface area contributed by atoms with Gasteiger partial charge < -0.3 is 15.1 Å². The highest BCUT2D eigenvalue weighted by Gasteiger charge is 2.32. The molecule has 4 aromatic rings. The zero-order valence-electron chi connectivity index (χ0n) is 19.6. The molecular weight excluding hydrogens is 525 g/mol. The molecule has 1 atom stereocenters. The number of carboxylic acids is 1. The Hall–Kier alpha value is -4.12. The highest BCUT2D eigenvalue weighted by molar-refractivity contribution is 6.31. The molecule has 1 unspecified atom stereocenters. The van der Waals surface area contributed by atoms with Crippen molar-refractivity contribution in [1.82, 2.24) is 14.8 Å². The van der Waals surface area contributed by atoms with Gasteiger partial charge in [0.25, 0.3) is 0 Å². The summed E-state index contributed by atoms with van der Waals surface area (Å²) in [5.41, 5.74) is 1.11. The summed E-state index contributed by atoms with van der Waals surface area (Å²) in [4.78, 5) is 15.1. The molecule has 0 bridgehead atoms. The number of carboxylic acid groups (broad SMARTS) is 1. The van der Waals surface area contributed by atoms with Gasteiger partial charge in [0, 0.05) is 24.0 Å². The molecule has 196 valence electrons. The highest BCUT2D eigenvalue weighted by atomic mass is 35.5. The zero-order valence-corrected chi connectivity index (χ0v) is 20.4. The summed E-state index contributed by atoms with van der Waals surface area (Å²) in [7, 11) is 0. The number of alkyl halides is 2. The topological polar surface area (TPSA) is 104 Å². The van der Waals surface area contributed by atoms with Crippen LogP contribution in [0.15, 0.2) is 61.2 Å². The summed E-state index contributed by atoms with van der Waals surface area (Å²) < 4.78 is 47.3. The van der Waals surface area contributed by atoms with Crippen molar-refractivity contribution in [3.63, 3.8) is 0 Å². The molecule has 0 spiro atoms. The second kappa shape index (κ2) is 10.3. The Balaban J connectivity index is 1.52. The molecular formula is C26H20ClF3N4O4. The van der Waals surface area contributed by atoms with E-state index < -0.39 is 30.2 Å². The lowest BCUT2D eigenvalue weighted by molar-refractivity contribution is -0.615. The summed E-state index contributed by atoms with van der Waals surface area (Å²) in [6.45, 7) is -3.20. The maximum atomic E-state index is 14.9. The number of hydrogen-bond acceptors (Lipinski definition) is 5. The van der Waals surface area contributed by atoms with E-state index in [1.165, 1.54) is 24.4 Å². The predicted molar refractivity (Wildman–Crippen MR) is 130 cm³/mol. The van der Waals surface area contributed by atoms with Crippen LogP contribution < -0.4 is 9.47 Å². The van der Waals surface area contributed by atoms with Gasteiger partial charge in [0.2, 0.25) is 5.69 Å². The standard InChI is InChI=1S/C26H20ClF3N4O4/c27-18-4-6-22(38-26(29)30)23(24(18)28)16-3-5-20(34(37)13-16)21(9-14-1-2-14)33-12-17(11-32-33)15-7-8-31-19(10-15)25(35)36/h3-8,10-14,21,26H,1-2,9H2,(H,35,36). The number of ether oxygens (including phenoxy) is 1. The Kier molecular flexibility index (Phi) is 6.94. The van der Waals surface area contributed by atoms with Crippen LogP contribution in [0.25, 0.3) is 22.3 Å². The summed E-state index contributed by atoms with van der Waals surface area (Å²) in [5, 5.41) is 26.6. The third kappa shape index (κ3) is 5.28. The van der Waals surface area contributed by atoms with Crippen molar-refractivity contribution in [2.45, 2.75) is 31.9 Å². The lowest BCUT2D eigenvalue weighted by Crippen LogP contribution is -2.35. The molecule has 12 heteroatoms. The number of aromatic nitrogens is 4. The number of halogens is 4. The summed E-state index contributed by atoms with van der Waals surface area (Å²) in [6.07, 6.45) is 8.40. The van der Waals surface area contributed by atoms with Crippen molar-refractivity contribution in [1.29, 1.82) is 0 Å². The van der Waals surface area contributed by atoms with Gasteiger partial charge >= 0.3 is 12.6 Å². The molecule has 0 amide bonds. The fourth-order valence-corrected chi connectivity index (χ4v) is 4.47. The van der Waals surface area contributed by atoms with Crippen molar-refractivity contribution in [2.24, 2.45) is 5.92 Å². The molecule has 1 saturated carbocycles. The molecule has 0 aliphatic heterocycles. The quantitative estimate of drug-likeness (QED) is 0.213. The van der Waals surface area contributed by atoms with Crippen molar-refractivity contribution < 1.29 is 32.5 Å². The summed E-state index contributed by atoms with van der Waals surface area (Å²) in [6, 6.07) is 7.77. The minimum Gasteiger partial charge on any atom is -0.618 e. The SMILES string of the molecule is O=C(O)c1cc(-c2cnn(C(CC3CC3)c3ccc(-c4c(OC(F)F)ccc(Cl)c4F)c[n+]3[O-])c2)ccn1. The maximum absolute atomic E-state index is 14.9. The van der Waals surface area contributed by atoms with E-state index in [0.717, 1.165) is 31.2 Å². The van der Waals surface area contributed by atoms with Gasteiger partial charge in [0.15, 0.2) is 12.0 Å². The van der Waals surface area contributed by atoms with Crippen molar-refractivity contribution in [2.75, 3.05) is 0 Å². The number of aromatic carboxylic acids is 1. The van der Waals surface area contributed by atoms with Crippen LogP contribution in [-0.4, -0.2) is 32.5 Å². The molecule has 0 radical (unpaired) electrons. The van der Waals surface area contributed by atoms with Gasteiger partial charge in [-0.3, -0.25) is 4.68 Å². The molecule has 1 aromatic carbocycles. The Labute approximate surface area is 219 Å². The number of carbonyl (C=O) groups is 1. The van der Waals surface area contributed by atoms with Gasteiger partial charge in [-0.2, -0.15) is 18.6 Å². The largest absolute Gasteiger partial charge is 0.618 e. The van der Waals surface area contributed by atoms with Crippen LogP contribution in [0.2, 0.25) is 5.02 Å². The third-order valence-electron chi connectivity index (χ3n) is 6.33. The number of pyridine rings is 2. The molecule has 1 aliphatic carbocycles. The summed E-state index contributed by atoms with van der Waals surface area (Å²) in [5.74, 6) is -2.19. The molecule has 3 heterocycles. The highest BCUT2D eigenvalue weighted by Crippen LogP contribution is 2.40. The molecule has 3 aromatic heterocycles. The minimum atomic E-state index is -3.20. The van der Waals surface area contributed by atoms with Gasteiger partial charge in [-0.15, -0.1) is 0 Å². The second-order valence-corrected chi connectivity index (χ2v) is 9.33. The first kappa shape index (κ1) is 25.5. The first-order chi connectivity index (χ1) is 18.2. The van der Waals surface area contributed by atoms with E-state index in [0.29, 0.717) is 33.9 Å². The molecule has 0 saturated heterocycles. The average Bonchev–Trinajstić information content (AvgIpc) is 3.57. The fraction of sp³-hybridized carbons (Fsp3) is 0.231. The number of benzene rings is 1. The molecule has 1 N–H and O–H groups in total. The van der Waals surface area contributed by atoms with E-state index in [1.54, 1.807) is 23.1 Å². The van der Waals surface area contributed by atoms with Crippen LogP contribution in [0, 0.1) is 16.9 Å². The van der Waals surface area contributed by atoms with Gasteiger partial charge in [-0.25, -0.2) is 14.2 Å². The Morgan fingerprint density at radius 2 is 2.00 bits per heavy atom. The van der Waals surface area contributed by atoms with Gasteiger partial charge in [0.05, 0.1) is 22.3 Å². The van der Waals surface area contributed by atoms with Crippen LogP contribution in [0.5, 0.6) is 5.75 Å². The monoisotopic (exact) mass is 544 g/mol. The van der Waals surface area contributed by atoms with E-state index in [4.69, 9.17) is 11.6 Å². The molecule has 1 aliphatic rings. The fourth-order valence-electron chi connectivity index (χ4n) is 4.31. The number of hydrogen-bond donors (Lipinski definition) is 1. The minimum absolute atomic E-state index is 0.0173. The number of rotatable bonds is 9. The van der Waals surface area contributed by atoms with Crippen LogP contribution in [0.1, 0.15) is 41.5 Å². The van der Waals surface area contributed by atoms with E-state index in [2.05, 4.69) is 14.8 Å². The Morgan fingerprint density at radius 3 is 2.68 bits per heavy atom. The first-order valence-electron chi connectivity index (χ1n) is 11.6. The van der Waals surface area contributed by atoms with Crippen LogP contribution in [0.3, 0.4) is 0 Å². The Bertz CT molecular complexity index is 1510. The van der Waals surface area contributed by atoms with E-state index in [1.807, 2.05) is 0 Å². The van der Waals surface area contributed by atoms with Crippen LogP contribution >= 0.6 is 11.6 Å². The second-order valence-electron chi connectivity index (χ2n) is 8.92. The van der Waals surface area contributed by atoms with Gasteiger partial charge in [-0.1, -0.05) is 24.4 Å². The van der Waals surface area contributed by atoms with E-state index >= 15 is 0 Å². The van der Waals surface area contributed by atoms with Crippen molar-refractivity contribution in [3.8, 4) is 28.0 Å². The smallest absolute Gasteiger partial charge is 0.387 e. The molecule has 8 nitrogen and oxygen atoms in total. The third-order valence-corrected chi connectivity index (χ3v) is 6.63. The number of nitrogens with zero attached hydrogens (tertiary/aromatic N) is 4. The van der Waals surface area contributed by atoms with E-state index in [-0.39, 0.29) is 21.8 Å². The van der Waals surface area contributed by atoms with Gasteiger partial charge in [0.1, 0.15) is 17.5 Å². The predicted octanol–water partition coefficient (Wildman–Crippen LogP) is 5.73. The van der Waals surface area contributed by atoms with Crippen molar-refractivity contribution in [3.05, 3.63) is 88.6 Å². The van der Waals surface area contributed by atoms with Gasteiger partial charge in [-0.05, 0) is 48.2 Å². The first-order valence-corrected chi connectivity index (χ1v) is 12.0. The van der Waals surface area contributed by atoms with E-state index in [9.17, 15) is 28.3 Å².